The molecule has 170 valence electrons. The normalized spacial score (nSPS) is 22.3. The summed E-state index contributed by atoms with van der Waals surface area (Å²) in [6.45, 7) is 3.00. The summed E-state index contributed by atoms with van der Waals surface area (Å²) in [5, 5.41) is 0. The molecule has 4 rings (SSSR count). The monoisotopic (exact) mass is 439 g/mol. The quantitative estimate of drug-likeness (QED) is 0.561. The molecule has 0 unspecified atom stereocenters. The molecule has 6 nitrogen and oxygen atoms in total. The number of carbonyl (C=O) groups is 2. The van der Waals surface area contributed by atoms with Gasteiger partial charge in [-0.25, -0.2) is 13.2 Å². The number of benzene rings is 1. The van der Waals surface area contributed by atoms with Crippen LogP contribution in [0.2, 0.25) is 0 Å². The Balaban J connectivity index is 1.32. The average molecular weight is 439 g/mol. The first-order chi connectivity index (χ1) is 14.8. The van der Waals surface area contributed by atoms with E-state index in [9.17, 15) is 22.8 Å². The lowest BCUT2D eigenvalue weighted by Crippen LogP contribution is -2.52. The summed E-state index contributed by atoms with van der Waals surface area (Å²) in [5.74, 6) is -3.29. The molecule has 2 saturated heterocycles. The van der Waals surface area contributed by atoms with E-state index in [1.54, 1.807) is 9.80 Å². The summed E-state index contributed by atoms with van der Waals surface area (Å²) in [7, 11) is 0. The smallest absolute Gasteiger partial charge is 0.238 e. The van der Waals surface area contributed by atoms with E-state index in [1.807, 2.05) is 0 Å². The second kappa shape index (κ2) is 8.78. The van der Waals surface area contributed by atoms with Gasteiger partial charge in [-0.3, -0.25) is 9.59 Å². The lowest BCUT2D eigenvalue weighted by Gasteiger charge is -2.37. The molecule has 2 aliphatic heterocycles. The highest BCUT2D eigenvalue weighted by Gasteiger charge is 2.59. The zero-order valence-corrected chi connectivity index (χ0v) is 17.4. The van der Waals surface area contributed by atoms with Crippen LogP contribution in [0.15, 0.2) is 12.1 Å². The standard InChI is InChI=1S/C22H28F3N3O3/c23-16-13-18(25)17(24)11-15(16)12-19(26)14-1-5-27(6-2-14)20(29)22(3-4-22)21(30)28-7-9-31-10-8-28/h11,13-14,19H,1-10,12,26H2/t19-/m1/s1. The maximum Gasteiger partial charge on any atom is 0.238 e. The maximum absolute atomic E-state index is 13.9. The molecule has 2 amide bonds. The van der Waals surface area contributed by atoms with Crippen molar-refractivity contribution in [3.63, 3.8) is 0 Å². The van der Waals surface area contributed by atoms with Gasteiger partial charge < -0.3 is 20.3 Å². The van der Waals surface area contributed by atoms with E-state index in [4.69, 9.17) is 10.5 Å². The number of hydrogen-bond donors (Lipinski definition) is 1. The summed E-state index contributed by atoms with van der Waals surface area (Å²) in [4.78, 5) is 29.5. The molecule has 9 heteroatoms. The third kappa shape index (κ3) is 4.43. The Morgan fingerprint density at radius 3 is 2.10 bits per heavy atom. The molecule has 0 spiro atoms. The highest BCUT2D eigenvalue weighted by Crippen LogP contribution is 2.49. The van der Waals surface area contributed by atoms with Crippen molar-refractivity contribution >= 4 is 11.8 Å². The fraction of sp³-hybridized carbons (Fsp3) is 0.636. The van der Waals surface area contributed by atoms with Crippen LogP contribution < -0.4 is 5.73 Å². The van der Waals surface area contributed by atoms with E-state index in [0.29, 0.717) is 71.1 Å². The number of piperidine rings is 1. The first-order valence-electron chi connectivity index (χ1n) is 10.9. The number of nitrogens with two attached hydrogens (primary N) is 1. The van der Waals surface area contributed by atoms with Crippen molar-refractivity contribution in [1.29, 1.82) is 0 Å². The first-order valence-corrected chi connectivity index (χ1v) is 10.9. The van der Waals surface area contributed by atoms with E-state index in [-0.39, 0.29) is 29.7 Å². The number of amides is 2. The van der Waals surface area contributed by atoms with E-state index in [1.165, 1.54) is 0 Å². The van der Waals surface area contributed by atoms with Crippen LogP contribution in [0.1, 0.15) is 31.2 Å². The molecular weight excluding hydrogens is 411 g/mol. The number of hydrogen-bond acceptors (Lipinski definition) is 4. The van der Waals surface area contributed by atoms with Crippen LogP contribution in [-0.2, 0) is 20.7 Å². The minimum absolute atomic E-state index is 0.0293. The largest absolute Gasteiger partial charge is 0.378 e. The number of nitrogens with zero attached hydrogens (tertiary/aromatic N) is 2. The van der Waals surface area contributed by atoms with E-state index >= 15 is 0 Å². The van der Waals surface area contributed by atoms with Crippen molar-refractivity contribution in [2.75, 3.05) is 39.4 Å². The Kier molecular flexibility index (Phi) is 6.25. The molecule has 3 aliphatic rings. The zero-order chi connectivity index (χ0) is 22.2. The lowest BCUT2D eigenvalue weighted by molar-refractivity contribution is -0.152. The Labute approximate surface area is 179 Å². The van der Waals surface area contributed by atoms with Crippen LogP contribution >= 0.6 is 0 Å². The van der Waals surface area contributed by atoms with Gasteiger partial charge in [-0.2, -0.15) is 0 Å². The van der Waals surface area contributed by atoms with Gasteiger partial charge >= 0.3 is 0 Å². The van der Waals surface area contributed by atoms with Crippen molar-refractivity contribution in [2.24, 2.45) is 17.1 Å². The molecular formula is C22H28F3N3O3. The molecule has 2 N–H and O–H groups in total. The van der Waals surface area contributed by atoms with Gasteiger partial charge in [-0.1, -0.05) is 0 Å². The van der Waals surface area contributed by atoms with Gasteiger partial charge in [0.1, 0.15) is 11.2 Å². The van der Waals surface area contributed by atoms with Gasteiger partial charge in [0.05, 0.1) is 13.2 Å². The Hall–Kier alpha value is -2.13. The number of carbonyl (C=O) groups excluding carboxylic acids is 2. The van der Waals surface area contributed by atoms with E-state index in [2.05, 4.69) is 0 Å². The molecule has 1 aromatic rings. The Bertz CT molecular complexity index is 848. The summed E-state index contributed by atoms with van der Waals surface area (Å²) in [6.07, 6.45) is 2.51. The fourth-order valence-electron chi connectivity index (χ4n) is 4.69. The van der Waals surface area contributed by atoms with Crippen LogP contribution in [0.3, 0.4) is 0 Å². The number of morpholine rings is 1. The highest BCUT2D eigenvalue weighted by atomic mass is 19.2. The summed E-state index contributed by atoms with van der Waals surface area (Å²) in [5.41, 5.74) is 5.38. The summed E-state index contributed by atoms with van der Waals surface area (Å²) < 4.78 is 45.8. The van der Waals surface area contributed by atoms with Gasteiger partial charge in [0, 0.05) is 38.3 Å². The number of halogens is 3. The SMILES string of the molecule is N[C@H](Cc1cc(F)c(F)cc1F)C1CCN(C(=O)C2(C(=O)N3CCOCC3)CC2)CC1. The van der Waals surface area contributed by atoms with Gasteiger partial charge in [0.15, 0.2) is 11.6 Å². The minimum atomic E-state index is -1.22. The third-order valence-corrected chi connectivity index (χ3v) is 6.84. The van der Waals surface area contributed by atoms with E-state index in [0.717, 1.165) is 6.07 Å². The zero-order valence-electron chi connectivity index (χ0n) is 17.4. The average Bonchev–Trinajstić information content (AvgIpc) is 3.59. The van der Waals surface area contributed by atoms with Crippen molar-refractivity contribution in [3.05, 3.63) is 35.1 Å². The van der Waals surface area contributed by atoms with Crippen LogP contribution in [0.25, 0.3) is 0 Å². The van der Waals surface area contributed by atoms with Gasteiger partial charge in [0.25, 0.3) is 0 Å². The predicted octanol–water partition coefficient (Wildman–Crippen LogP) is 1.85. The molecule has 2 heterocycles. The van der Waals surface area contributed by atoms with Gasteiger partial charge in [-0.15, -0.1) is 0 Å². The van der Waals surface area contributed by atoms with Gasteiger partial charge in [0.2, 0.25) is 11.8 Å². The maximum atomic E-state index is 13.9. The topological polar surface area (TPSA) is 75.9 Å². The molecule has 0 bridgehead atoms. The van der Waals surface area contributed by atoms with Crippen LogP contribution in [0.5, 0.6) is 0 Å². The molecule has 1 aromatic carbocycles. The van der Waals surface area contributed by atoms with Crippen LogP contribution in [-0.4, -0.2) is 67.0 Å². The fourth-order valence-corrected chi connectivity index (χ4v) is 4.69. The second-order valence-electron chi connectivity index (χ2n) is 8.84. The minimum Gasteiger partial charge on any atom is -0.378 e. The molecule has 0 aromatic heterocycles. The molecule has 31 heavy (non-hydrogen) atoms. The van der Waals surface area contributed by atoms with Crippen molar-refractivity contribution < 1.29 is 27.5 Å². The third-order valence-electron chi connectivity index (χ3n) is 6.84. The van der Waals surface area contributed by atoms with Crippen LogP contribution in [0, 0.1) is 28.8 Å². The molecule has 0 radical (unpaired) electrons. The second-order valence-corrected chi connectivity index (χ2v) is 8.84. The van der Waals surface area contributed by atoms with E-state index < -0.39 is 28.9 Å². The number of ether oxygens (including phenoxy) is 1. The lowest BCUT2D eigenvalue weighted by atomic mass is 9.85. The van der Waals surface area contributed by atoms with Gasteiger partial charge in [-0.05, 0) is 49.7 Å². The Morgan fingerprint density at radius 2 is 1.52 bits per heavy atom. The molecule has 1 atom stereocenters. The van der Waals surface area contributed by atoms with Crippen molar-refractivity contribution in [2.45, 2.75) is 38.1 Å². The van der Waals surface area contributed by atoms with Crippen molar-refractivity contribution in [3.8, 4) is 0 Å². The number of likely N-dealkylation sites (tertiary alicyclic amines) is 1. The Morgan fingerprint density at radius 1 is 0.968 bits per heavy atom. The molecule has 1 aliphatic carbocycles. The highest BCUT2D eigenvalue weighted by molar-refractivity contribution is 6.07. The summed E-state index contributed by atoms with van der Waals surface area (Å²) >= 11 is 0. The van der Waals surface area contributed by atoms with Crippen LogP contribution in [0.4, 0.5) is 13.2 Å². The predicted molar refractivity (Wildman–Crippen MR) is 106 cm³/mol. The first kappa shape index (κ1) is 22.1. The molecule has 3 fully saturated rings. The summed E-state index contributed by atoms with van der Waals surface area (Å²) in [6, 6.07) is 0.970. The molecule has 1 saturated carbocycles. The van der Waals surface area contributed by atoms with Crippen molar-refractivity contribution in [1.82, 2.24) is 9.80 Å². The number of rotatable bonds is 5.